The van der Waals surface area contributed by atoms with Gasteiger partial charge in [0, 0.05) is 10.6 Å². The minimum Gasteiger partial charge on any atom is -0.382 e. The Hall–Kier alpha value is -1.68. The van der Waals surface area contributed by atoms with Crippen LogP contribution in [0.1, 0.15) is 0 Å². The van der Waals surface area contributed by atoms with Crippen molar-refractivity contribution in [1.82, 2.24) is 10.2 Å². The molecule has 0 radical (unpaired) electrons. The molecule has 1 aromatic carbocycles. The van der Waals surface area contributed by atoms with Crippen LogP contribution in [0.25, 0.3) is 11.3 Å². The molecule has 0 aliphatic heterocycles. The van der Waals surface area contributed by atoms with E-state index >= 15 is 0 Å². The second-order valence-electron chi connectivity index (χ2n) is 2.97. The van der Waals surface area contributed by atoms with E-state index in [9.17, 15) is 4.39 Å². The van der Waals surface area contributed by atoms with Gasteiger partial charge in [0.15, 0.2) is 0 Å². The van der Waals surface area contributed by atoms with Gasteiger partial charge >= 0.3 is 0 Å². The van der Waals surface area contributed by atoms with Crippen LogP contribution in [0.15, 0.2) is 30.3 Å². The van der Waals surface area contributed by atoms with Gasteiger partial charge in [0.05, 0.1) is 5.69 Å². The van der Waals surface area contributed by atoms with Crippen molar-refractivity contribution in [1.29, 1.82) is 0 Å². The molecule has 2 rings (SSSR count). The number of nitrogens with two attached hydrogens (primary N) is 1. The van der Waals surface area contributed by atoms with Crippen molar-refractivity contribution in [3.63, 3.8) is 0 Å². The lowest BCUT2D eigenvalue weighted by Crippen LogP contribution is -1.95. The zero-order chi connectivity index (χ0) is 10.8. The first-order valence-corrected chi connectivity index (χ1v) is 4.59. The van der Waals surface area contributed by atoms with E-state index in [-0.39, 0.29) is 0 Å². The van der Waals surface area contributed by atoms with E-state index in [1.54, 1.807) is 12.1 Å². The monoisotopic (exact) mass is 223 g/mol. The largest absolute Gasteiger partial charge is 0.382 e. The van der Waals surface area contributed by atoms with E-state index in [1.807, 2.05) is 0 Å². The average Bonchev–Trinajstić information content (AvgIpc) is 2.23. The van der Waals surface area contributed by atoms with Gasteiger partial charge in [-0.25, -0.2) is 4.39 Å². The number of aromatic nitrogens is 2. The molecule has 0 fully saturated rings. The van der Waals surface area contributed by atoms with Gasteiger partial charge in [0.2, 0.25) is 0 Å². The molecule has 2 aromatic rings. The fraction of sp³-hybridized carbons (Fsp3) is 0. The number of rotatable bonds is 1. The second kappa shape index (κ2) is 3.82. The topological polar surface area (TPSA) is 51.8 Å². The van der Waals surface area contributed by atoms with Gasteiger partial charge < -0.3 is 5.73 Å². The summed E-state index contributed by atoms with van der Waals surface area (Å²) in [7, 11) is 0. The lowest BCUT2D eigenvalue weighted by molar-refractivity contribution is 0.630. The number of anilines is 1. The smallest absolute Gasteiger partial charge is 0.146 e. The van der Waals surface area contributed by atoms with Crippen molar-refractivity contribution in [2.45, 2.75) is 0 Å². The van der Waals surface area contributed by atoms with Crippen LogP contribution in [0.3, 0.4) is 0 Å². The minimum atomic E-state index is -0.390. The Balaban J connectivity index is 2.53. The van der Waals surface area contributed by atoms with Crippen molar-refractivity contribution >= 4 is 17.4 Å². The summed E-state index contributed by atoms with van der Waals surface area (Å²) in [6, 6.07) is 7.41. The molecule has 5 heteroatoms. The van der Waals surface area contributed by atoms with E-state index in [2.05, 4.69) is 10.2 Å². The first kappa shape index (κ1) is 9.86. The summed E-state index contributed by atoms with van der Waals surface area (Å²) >= 11 is 5.76. The number of nitrogen functional groups attached to an aromatic ring is 1. The second-order valence-corrected chi connectivity index (χ2v) is 3.40. The van der Waals surface area contributed by atoms with E-state index in [0.717, 1.165) is 0 Å². The molecule has 0 amide bonds. The van der Waals surface area contributed by atoms with Gasteiger partial charge in [-0.3, -0.25) is 0 Å². The summed E-state index contributed by atoms with van der Waals surface area (Å²) < 4.78 is 13.4. The number of benzene rings is 1. The molecule has 0 aliphatic carbocycles. The summed E-state index contributed by atoms with van der Waals surface area (Å²) in [6.45, 7) is 0. The van der Waals surface area contributed by atoms with Crippen LogP contribution in [-0.2, 0) is 0 Å². The van der Waals surface area contributed by atoms with Crippen LogP contribution >= 0.6 is 11.6 Å². The van der Waals surface area contributed by atoms with Gasteiger partial charge in [-0.2, -0.15) is 0 Å². The maximum atomic E-state index is 13.4. The number of hydrogen-bond acceptors (Lipinski definition) is 3. The van der Waals surface area contributed by atoms with E-state index in [1.165, 1.54) is 18.2 Å². The standard InChI is InChI=1S/C10H7ClFN3/c11-6-1-2-8(12)7(5-6)9-3-4-10(13)15-14-9/h1-5H,(H2,13,15). The van der Waals surface area contributed by atoms with Gasteiger partial charge in [0.1, 0.15) is 11.6 Å². The number of hydrogen-bond donors (Lipinski definition) is 1. The van der Waals surface area contributed by atoms with Crippen LogP contribution in [0.5, 0.6) is 0 Å². The van der Waals surface area contributed by atoms with Gasteiger partial charge in [-0.15, -0.1) is 10.2 Å². The SMILES string of the molecule is Nc1ccc(-c2cc(Cl)ccc2F)nn1. The van der Waals surface area contributed by atoms with Crippen LogP contribution in [0.4, 0.5) is 10.2 Å². The Morgan fingerprint density at radius 3 is 2.60 bits per heavy atom. The lowest BCUT2D eigenvalue weighted by Gasteiger charge is -2.02. The van der Waals surface area contributed by atoms with Crippen molar-refractivity contribution in [3.8, 4) is 11.3 Å². The fourth-order valence-electron chi connectivity index (χ4n) is 1.18. The molecule has 0 unspecified atom stereocenters. The molecule has 0 spiro atoms. The highest BCUT2D eigenvalue weighted by atomic mass is 35.5. The third-order valence-electron chi connectivity index (χ3n) is 1.89. The van der Waals surface area contributed by atoms with E-state index in [0.29, 0.717) is 22.1 Å². The third kappa shape index (κ3) is 2.05. The van der Waals surface area contributed by atoms with E-state index in [4.69, 9.17) is 17.3 Å². The van der Waals surface area contributed by atoms with Crippen molar-refractivity contribution < 1.29 is 4.39 Å². The van der Waals surface area contributed by atoms with Crippen molar-refractivity contribution in [2.75, 3.05) is 5.73 Å². The molecular formula is C10H7ClFN3. The third-order valence-corrected chi connectivity index (χ3v) is 2.12. The highest BCUT2D eigenvalue weighted by Gasteiger charge is 2.07. The molecule has 3 nitrogen and oxygen atoms in total. The molecule has 2 N–H and O–H groups in total. The summed E-state index contributed by atoms with van der Waals surface area (Å²) in [4.78, 5) is 0. The molecule has 1 aromatic heterocycles. The number of halogens is 2. The molecule has 0 bridgehead atoms. The van der Waals surface area contributed by atoms with Crippen molar-refractivity contribution in [3.05, 3.63) is 41.2 Å². The van der Waals surface area contributed by atoms with Gasteiger partial charge in [-0.05, 0) is 30.3 Å². The maximum Gasteiger partial charge on any atom is 0.146 e. The molecule has 1 heterocycles. The maximum absolute atomic E-state index is 13.4. The lowest BCUT2D eigenvalue weighted by atomic mass is 10.1. The Labute approximate surface area is 90.7 Å². The average molecular weight is 224 g/mol. The summed E-state index contributed by atoms with van der Waals surface area (Å²) in [6.07, 6.45) is 0. The predicted molar refractivity (Wildman–Crippen MR) is 56.8 cm³/mol. The summed E-state index contributed by atoms with van der Waals surface area (Å²) in [5.41, 5.74) is 6.10. The number of nitrogens with zero attached hydrogens (tertiary/aromatic N) is 2. The van der Waals surface area contributed by atoms with Crippen LogP contribution in [-0.4, -0.2) is 10.2 Å². The quantitative estimate of drug-likeness (QED) is 0.808. The molecule has 0 atom stereocenters. The Bertz CT molecular complexity index is 485. The Kier molecular flexibility index (Phi) is 2.51. The van der Waals surface area contributed by atoms with E-state index < -0.39 is 5.82 Å². The molecule has 0 saturated heterocycles. The Morgan fingerprint density at radius 1 is 1.13 bits per heavy atom. The molecule has 15 heavy (non-hydrogen) atoms. The normalized spacial score (nSPS) is 10.3. The first-order chi connectivity index (χ1) is 7.16. The highest BCUT2D eigenvalue weighted by Crippen LogP contribution is 2.23. The highest BCUT2D eigenvalue weighted by molar-refractivity contribution is 6.30. The molecule has 76 valence electrons. The first-order valence-electron chi connectivity index (χ1n) is 4.21. The van der Waals surface area contributed by atoms with Gasteiger partial charge in [0.25, 0.3) is 0 Å². The fourth-order valence-corrected chi connectivity index (χ4v) is 1.35. The van der Waals surface area contributed by atoms with Crippen LogP contribution < -0.4 is 5.73 Å². The predicted octanol–water partition coefficient (Wildman–Crippen LogP) is 2.52. The van der Waals surface area contributed by atoms with Crippen LogP contribution in [0.2, 0.25) is 5.02 Å². The van der Waals surface area contributed by atoms with Crippen molar-refractivity contribution in [2.24, 2.45) is 0 Å². The van der Waals surface area contributed by atoms with Crippen LogP contribution in [0, 0.1) is 5.82 Å². The zero-order valence-corrected chi connectivity index (χ0v) is 8.37. The zero-order valence-electron chi connectivity index (χ0n) is 7.61. The summed E-state index contributed by atoms with van der Waals surface area (Å²) in [5.74, 6) is -0.0975. The molecule has 0 saturated carbocycles. The molecular weight excluding hydrogens is 217 g/mol. The molecule has 0 aliphatic rings. The summed E-state index contributed by atoms with van der Waals surface area (Å²) in [5, 5.41) is 7.87. The Morgan fingerprint density at radius 2 is 1.93 bits per heavy atom. The minimum absolute atomic E-state index is 0.293. The van der Waals surface area contributed by atoms with Gasteiger partial charge in [-0.1, -0.05) is 11.6 Å².